The molecule has 0 aliphatic heterocycles. The standard InChI is InChI=1S/C15H21ClNO2/c1-13(16)9-10-17(2,3)11-15(18)19-12-14-7-5-4-6-8-14/h4-9H,10-12H2,1-3H3/q+1. The molecule has 0 heterocycles. The Morgan fingerprint density at radius 3 is 2.53 bits per heavy atom. The van der Waals surface area contributed by atoms with E-state index >= 15 is 0 Å². The van der Waals surface area contributed by atoms with Crippen molar-refractivity contribution in [2.45, 2.75) is 13.5 Å². The first-order valence-electron chi connectivity index (χ1n) is 6.23. The third-order valence-corrected chi connectivity index (χ3v) is 2.82. The van der Waals surface area contributed by atoms with Crippen molar-refractivity contribution < 1.29 is 14.0 Å². The fraction of sp³-hybridized carbons (Fsp3) is 0.400. The average Bonchev–Trinajstić information content (AvgIpc) is 2.35. The van der Waals surface area contributed by atoms with Crippen molar-refractivity contribution in [2.75, 3.05) is 27.2 Å². The SMILES string of the molecule is CC(Cl)=CC[N+](C)(C)CC(=O)OCc1ccccc1. The molecule has 0 radical (unpaired) electrons. The lowest BCUT2D eigenvalue weighted by Crippen LogP contribution is -2.44. The Morgan fingerprint density at radius 1 is 1.32 bits per heavy atom. The topological polar surface area (TPSA) is 26.3 Å². The van der Waals surface area contributed by atoms with Crippen molar-refractivity contribution in [3.05, 3.63) is 47.0 Å². The Balaban J connectivity index is 2.40. The van der Waals surface area contributed by atoms with Crippen molar-refractivity contribution in [1.29, 1.82) is 0 Å². The zero-order valence-corrected chi connectivity index (χ0v) is 12.5. The van der Waals surface area contributed by atoms with Crippen LogP contribution in [-0.4, -0.2) is 37.6 Å². The van der Waals surface area contributed by atoms with Crippen LogP contribution in [0.25, 0.3) is 0 Å². The number of nitrogens with zero attached hydrogens (tertiary/aromatic N) is 1. The number of hydrogen-bond acceptors (Lipinski definition) is 2. The van der Waals surface area contributed by atoms with Gasteiger partial charge in [-0.05, 0) is 18.6 Å². The van der Waals surface area contributed by atoms with E-state index in [9.17, 15) is 4.79 Å². The molecule has 104 valence electrons. The average molecular weight is 283 g/mol. The van der Waals surface area contributed by atoms with Crippen molar-refractivity contribution in [3.8, 4) is 0 Å². The number of carbonyl (C=O) groups excluding carboxylic acids is 1. The first-order chi connectivity index (χ1) is 8.89. The summed E-state index contributed by atoms with van der Waals surface area (Å²) in [6, 6.07) is 9.67. The lowest BCUT2D eigenvalue weighted by Gasteiger charge is -2.27. The fourth-order valence-electron chi connectivity index (χ4n) is 1.57. The Bertz CT molecular complexity index is 437. The van der Waals surface area contributed by atoms with E-state index in [1.54, 1.807) is 0 Å². The van der Waals surface area contributed by atoms with Crippen LogP contribution in [-0.2, 0) is 16.1 Å². The number of benzene rings is 1. The second-order valence-corrected chi connectivity index (χ2v) is 5.81. The summed E-state index contributed by atoms with van der Waals surface area (Å²) >= 11 is 5.80. The second-order valence-electron chi connectivity index (χ2n) is 5.21. The summed E-state index contributed by atoms with van der Waals surface area (Å²) in [5.41, 5.74) is 0.998. The van der Waals surface area contributed by atoms with Gasteiger partial charge in [0.2, 0.25) is 0 Å². The molecule has 0 aromatic heterocycles. The number of ether oxygens (including phenoxy) is 1. The molecule has 0 amide bonds. The molecular formula is C15H21ClNO2+. The summed E-state index contributed by atoms with van der Waals surface area (Å²) in [5, 5.41) is 0.740. The summed E-state index contributed by atoms with van der Waals surface area (Å²) in [6.07, 6.45) is 1.91. The van der Waals surface area contributed by atoms with E-state index in [-0.39, 0.29) is 5.97 Å². The molecule has 0 atom stereocenters. The number of halogens is 1. The molecule has 1 rings (SSSR count). The molecule has 0 spiro atoms. The molecular weight excluding hydrogens is 262 g/mol. The zero-order chi connectivity index (χ0) is 14.3. The quantitative estimate of drug-likeness (QED) is 0.592. The van der Waals surface area contributed by atoms with Gasteiger partial charge in [-0.3, -0.25) is 0 Å². The minimum atomic E-state index is -0.200. The first kappa shape index (κ1) is 15.7. The molecule has 0 saturated heterocycles. The predicted molar refractivity (Wildman–Crippen MR) is 77.7 cm³/mol. The highest BCUT2D eigenvalue weighted by atomic mass is 35.5. The van der Waals surface area contributed by atoms with Gasteiger partial charge in [0.15, 0.2) is 6.54 Å². The van der Waals surface area contributed by atoms with Crippen LogP contribution in [0.15, 0.2) is 41.4 Å². The van der Waals surface area contributed by atoms with Crippen molar-refractivity contribution in [3.63, 3.8) is 0 Å². The Hall–Kier alpha value is -1.32. The maximum atomic E-state index is 11.8. The van der Waals surface area contributed by atoms with E-state index in [0.29, 0.717) is 24.2 Å². The lowest BCUT2D eigenvalue weighted by atomic mass is 10.2. The molecule has 0 aliphatic rings. The molecule has 4 heteroatoms. The summed E-state index contributed by atoms with van der Waals surface area (Å²) in [4.78, 5) is 11.8. The van der Waals surface area contributed by atoms with Crippen LogP contribution in [0.3, 0.4) is 0 Å². The van der Waals surface area contributed by atoms with Crippen LogP contribution in [0.5, 0.6) is 0 Å². The number of rotatable bonds is 6. The third kappa shape index (κ3) is 6.99. The minimum absolute atomic E-state index is 0.200. The number of carbonyl (C=O) groups is 1. The molecule has 0 aliphatic carbocycles. The minimum Gasteiger partial charge on any atom is -0.457 e. The van der Waals surface area contributed by atoms with Crippen LogP contribution in [0.4, 0.5) is 0 Å². The van der Waals surface area contributed by atoms with Crippen molar-refractivity contribution in [2.24, 2.45) is 0 Å². The summed E-state index contributed by atoms with van der Waals surface area (Å²) in [7, 11) is 3.94. The van der Waals surface area contributed by atoms with E-state index < -0.39 is 0 Å². The predicted octanol–water partition coefficient (Wildman–Crippen LogP) is 2.95. The van der Waals surface area contributed by atoms with E-state index in [1.165, 1.54) is 0 Å². The van der Waals surface area contributed by atoms with Crippen LogP contribution >= 0.6 is 11.6 Å². The van der Waals surface area contributed by atoms with E-state index in [4.69, 9.17) is 16.3 Å². The maximum Gasteiger partial charge on any atom is 0.362 e. The van der Waals surface area contributed by atoms with Crippen molar-refractivity contribution in [1.82, 2.24) is 0 Å². The highest BCUT2D eigenvalue weighted by Crippen LogP contribution is 2.05. The molecule has 3 nitrogen and oxygen atoms in total. The van der Waals surface area contributed by atoms with Gasteiger partial charge in [-0.1, -0.05) is 41.9 Å². The molecule has 19 heavy (non-hydrogen) atoms. The van der Waals surface area contributed by atoms with Crippen LogP contribution in [0, 0.1) is 0 Å². The van der Waals surface area contributed by atoms with Gasteiger partial charge >= 0.3 is 5.97 Å². The molecule has 0 bridgehead atoms. The summed E-state index contributed by atoms with van der Waals surface area (Å²) in [5.74, 6) is -0.200. The molecule has 1 aromatic carbocycles. The van der Waals surface area contributed by atoms with Gasteiger partial charge in [0.1, 0.15) is 6.61 Å². The number of likely N-dealkylation sites (N-methyl/N-ethyl adjacent to an activating group) is 1. The third-order valence-electron chi connectivity index (χ3n) is 2.67. The summed E-state index contributed by atoms with van der Waals surface area (Å²) in [6.45, 7) is 3.18. The lowest BCUT2D eigenvalue weighted by molar-refractivity contribution is -0.877. The Morgan fingerprint density at radius 2 is 1.95 bits per heavy atom. The van der Waals surface area contributed by atoms with Crippen LogP contribution in [0.1, 0.15) is 12.5 Å². The number of hydrogen-bond donors (Lipinski definition) is 0. The molecule has 0 fully saturated rings. The molecule has 1 aromatic rings. The second kappa shape index (κ2) is 7.31. The molecule has 0 N–H and O–H groups in total. The fourth-order valence-corrected chi connectivity index (χ4v) is 1.64. The first-order valence-corrected chi connectivity index (χ1v) is 6.61. The van der Waals surface area contributed by atoms with Gasteiger partial charge in [0.05, 0.1) is 20.6 Å². The van der Waals surface area contributed by atoms with Crippen molar-refractivity contribution >= 4 is 17.6 Å². The summed E-state index contributed by atoms with van der Waals surface area (Å²) < 4.78 is 5.79. The number of allylic oxidation sites excluding steroid dienone is 1. The monoisotopic (exact) mass is 282 g/mol. The van der Waals surface area contributed by atoms with E-state index in [0.717, 1.165) is 10.6 Å². The highest BCUT2D eigenvalue weighted by molar-refractivity contribution is 6.29. The van der Waals surface area contributed by atoms with Gasteiger partial charge < -0.3 is 9.22 Å². The zero-order valence-electron chi connectivity index (χ0n) is 11.7. The molecule has 0 saturated carbocycles. The Labute approximate surface area is 120 Å². The van der Waals surface area contributed by atoms with Gasteiger partial charge in [0, 0.05) is 5.03 Å². The largest absolute Gasteiger partial charge is 0.457 e. The maximum absolute atomic E-state index is 11.8. The van der Waals surface area contributed by atoms with Crippen LogP contribution < -0.4 is 0 Å². The highest BCUT2D eigenvalue weighted by Gasteiger charge is 2.19. The van der Waals surface area contributed by atoms with E-state index in [2.05, 4.69) is 0 Å². The number of esters is 1. The number of quaternary nitrogens is 1. The molecule has 0 unspecified atom stereocenters. The van der Waals surface area contributed by atoms with Gasteiger partial charge in [-0.15, -0.1) is 0 Å². The Kier molecular flexibility index (Phi) is 6.06. The van der Waals surface area contributed by atoms with E-state index in [1.807, 2.05) is 57.4 Å². The smallest absolute Gasteiger partial charge is 0.362 e. The normalized spacial score (nSPS) is 12.3. The van der Waals surface area contributed by atoms with Gasteiger partial charge in [-0.2, -0.15) is 0 Å². The van der Waals surface area contributed by atoms with Gasteiger partial charge in [-0.25, -0.2) is 4.79 Å². The van der Waals surface area contributed by atoms with Crippen LogP contribution in [0.2, 0.25) is 0 Å². The van der Waals surface area contributed by atoms with Gasteiger partial charge in [0.25, 0.3) is 0 Å².